The number of rotatable bonds is 2. The van der Waals surface area contributed by atoms with Crippen LogP contribution in [0.4, 0.5) is 0 Å². The van der Waals surface area contributed by atoms with Crippen molar-refractivity contribution < 1.29 is 9.52 Å². The minimum atomic E-state index is -0.168. The topological polar surface area (TPSA) is 82.9 Å². The summed E-state index contributed by atoms with van der Waals surface area (Å²) in [6.45, 7) is 1.65. The summed E-state index contributed by atoms with van der Waals surface area (Å²) in [6, 6.07) is 3.76. The molecule has 80 valence electrons. The third kappa shape index (κ3) is 1.78. The summed E-state index contributed by atoms with van der Waals surface area (Å²) in [4.78, 5) is 8.10. The Balaban J connectivity index is 2.42. The first-order chi connectivity index (χ1) is 7.74. The highest BCUT2D eigenvalue weighted by molar-refractivity contribution is 5.51. The van der Waals surface area contributed by atoms with Gasteiger partial charge in [0.05, 0.1) is 12.2 Å². The maximum atomic E-state index is 8.85. The molecule has 0 radical (unpaired) electrons. The van der Waals surface area contributed by atoms with Gasteiger partial charge in [-0.2, -0.15) is 5.26 Å². The molecule has 0 saturated carbocycles. The van der Waals surface area contributed by atoms with E-state index < -0.39 is 0 Å². The molecular formula is C11H9N3O2. The lowest BCUT2D eigenvalue weighted by Gasteiger charge is -1.98. The first kappa shape index (κ1) is 10.3. The molecule has 0 aliphatic carbocycles. The van der Waals surface area contributed by atoms with Crippen LogP contribution >= 0.6 is 0 Å². The van der Waals surface area contributed by atoms with Crippen molar-refractivity contribution >= 4 is 0 Å². The molecular weight excluding hydrogens is 206 g/mol. The van der Waals surface area contributed by atoms with Gasteiger partial charge < -0.3 is 9.52 Å². The van der Waals surface area contributed by atoms with Gasteiger partial charge in [0.15, 0.2) is 0 Å². The minimum absolute atomic E-state index is 0.168. The Hall–Kier alpha value is -2.19. The van der Waals surface area contributed by atoms with E-state index in [1.54, 1.807) is 6.07 Å². The van der Waals surface area contributed by atoms with Gasteiger partial charge in [0, 0.05) is 6.20 Å². The van der Waals surface area contributed by atoms with Crippen molar-refractivity contribution in [3.63, 3.8) is 0 Å². The van der Waals surface area contributed by atoms with Crippen LogP contribution < -0.4 is 0 Å². The molecule has 0 bridgehead atoms. The van der Waals surface area contributed by atoms with Crippen molar-refractivity contribution in [3.8, 4) is 17.7 Å². The zero-order chi connectivity index (χ0) is 11.5. The van der Waals surface area contributed by atoms with Gasteiger partial charge >= 0.3 is 0 Å². The molecule has 2 aromatic heterocycles. The highest BCUT2D eigenvalue weighted by Gasteiger charge is 2.09. The number of nitrogens with zero attached hydrogens (tertiary/aromatic N) is 3. The molecule has 2 heterocycles. The number of aliphatic hydroxyl groups is 1. The number of aryl methyl sites for hydroxylation is 1. The highest BCUT2D eigenvalue weighted by Crippen LogP contribution is 2.18. The second-order valence-electron chi connectivity index (χ2n) is 3.30. The fourth-order valence-corrected chi connectivity index (χ4v) is 1.29. The quantitative estimate of drug-likeness (QED) is 0.818. The van der Waals surface area contributed by atoms with Gasteiger partial charge in [-0.1, -0.05) is 0 Å². The number of nitriles is 1. The fourth-order valence-electron chi connectivity index (χ4n) is 1.29. The maximum Gasteiger partial charge on any atom is 0.245 e. The van der Waals surface area contributed by atoms with Crippen LogP contribution in [0.1, 0.15) is 16.8 Å². The summed E-state index contributed by atoms with van der Waals surface area (Å²) in [5, 5.41) is 17.6. The molecule has 0 unspecified atom stereocenters. The number of oxazole rings is 1. The van der Waals surface area contributed by atoms with Gasteiger partial charge in [-0.25, -0.2) is 9.97 Å². The Morgan fingerprint density at radius 2 is 2.38 bits per heavy atom. The van der Waals surface area contributed by atoms with E-state index in [1.165, 1.54) is 12.5 Å². The van der Waals surface area contributed by atoms with E-state index in [1.807, 2.05) is 13.0 Å². The zero-order valence-corrected chi connectivity index (χ0v) is 8.64. The summed E-state index contributed by atoms with van der Waals surface area (Å²) >= 11 is 0. The molecule has 0 amide bonds. The average molecular weight is 215 g/mol. The summed E-state index contributed by atoms with van der Waals surface area (Å²) in [7, 11) is 0. The summed E-state index contributed by atoms with van der Waals surface area (Å²) < 4.78 is 5.15. The van der Waals surface area contributed by atoms with Gasteiger partial charge in [0.2, 0.25) is 5.89 Å². The van der Waals surface area contributed by atoms with E-state index in [9.17, 15) is 0 Å². The molecule has 0 aromatic carbocycles. The standard InChI is InChI=1S/C11H9N3O2/c1-7-2-10(13-4-8(7)3-12)11-14-9(5-15)6-16-11/h2,4,6,15H,5H2,1H3. The van der Waals surface area contributed by atoms with Crippen LogP contribution in [-0.2, 0) is 6.61 Å². The molecule has 0 spiro atoms. The van der Waals surface area contributed by atoms with E-state index >= 15 is 0 Å². The molecule has 0 saturated heterocycles. The molecule has 5 heteroatoms. The lowest BCUT2D eigenvalue weighted by Crippen LogP contribution is -1.90. The number of aromatic nitrogens is 2. The third-order valence-electron chi connectivity index (χ3n) is 2.16. The lowest BCUT2D eigenvalue weighted by molar-refractivity contribution is 0.276. The van der Waals surface area contributed by atoms with Gasteiger partial charge in [-0.15, -0.1) is 0 Å². The Kier molecular flexibility index (Phi) is 2.66. The second kappa shape index (κ2) is 4.13. The van der Waals surface area contributed by atoms with Crippen LogP contribution in [0.3, 0.4) is 0 Å². The SMILES string of the molecule is Cc1cc(-c2nc(CO)co2)ncc1C#N. The van der Waals surface area contributed by atoms with Crippen LogP contribution in [0.25, 0.3) is 11.6 Å². The van der Waals surface area contributed by atoms with Crippen molar-refractivity contribution in [2.24, 2.45) is 0 Å². The van der Waals surface area contributed by atoms with Crippen molar-refractivity contribution in [1.29, 1.82) is 5.26 Å². The van der Waals surface area contributed by atoms with E-state index in [2.05, 4.69) is 9.97 Å². The van der Waals surface area contributed by atoms with Crippen molar-refractivity contribution in [1.82, 2.24) is 9.97 Å². The largest absolute Gasteiger partial charge is 0.443 e. The molecule has 2 aromatic rings. The molecule has 16 heavy (non-hydrogen) atoms. The van der Waals surface area contributed by atoms with E-state index in [-0.39, 0.29) is 6.61 Å². The molecule has 5 nitrogen and oxygen atoms in total. The first-order valence-electron chi connectivity index (χ1n) is 4.67. The lowest BCUT2D eigenvalue weighted by atomic mass is 10.1. The predicted molar refractivity (Wildman–Crippen MR) is 55.1 cm³/mol. The van der Waals surface area contributed by atoms with E-state index in [0.29, 0.717) is 22.8 Å². The van der Waals surface area contributed by atoms with Gasteiger partial charge in [0.25, 0.3) is 0 Å². The van der Waals surface area contributed by atoms with Crippen LogP contribution in [0.15, 0.2) is 22.9 Å². The van der Waals surface area contributed by atoms with Crippen LogP contribution in [0, 0.1) is 18.3 Å². The summed E-state index contributed by atoms with van der Waals surface area (Å²) in [5.74, 6) is 0.344. The zero-order valence-electron chi connectivity index (χ0n) is 8.64. The first-order valence-corrected chi connectivity index (χ1v) is 4.67. The molecule has 0 fully saturated rings. The molecule has 2 rings (SSSR count). The second-order valence-corrected chi connectivity index (χ2v) is 3.30. The predicted octanol–water partition coefficient (Wildman–Crippen LogP) is 1.41. The number of hydrogen-bond donors (Lipinski definition) is 1. The molecule has 0 atom stereocenters. The van der Waals surface area contributed by atoms with E-state index in [0.717, 1.165) is 5.56 Å². The molecule has 0 aliphatic heterocycles. The highest BCUT2D eigenvalue weighted by atomic mass is 16.3. The van der Waals surface area contributed by atoms with Crippen molar-refractivity contribution in [2.45, 2.75) is 13.5 Å². The van der Waals surface area contributed by atoms with Crippen LogP contribution in [0.5, 0.6) is 0 Å². The Bertz CT molecular complexity index is 555. The monoisotopic (exact) mass is 215 g/mol. The Morgan fingerprint density at radius 1 is 1.56 bits per heavy atom. The van der Waals surface area contributed by atoms with Crippen molar-refractivity contribution in [2.75, 3.05) is 0 Å². The third-order valence-corrected chi connectivity index (χ3v) is 2.16. The van der Waals surface area contributed by atoms with Gasteiger partial charge in [-0.3, -0.25) is 0 Å². The summed E-state index contributed by atoms with van der Waals surface area (Å²) in [6.07, 6.45) is 2.86. The Morgan fingerprint density at radius 3 is 2.94 bits per heavy atom. The smallest absolute Gasteiger partial charge is 0.245 e. The molecule has 0 aliphatic rings. The minimum Gasteiger partial charge on any atom is -0.443 e. The normalized spacial score (nSPS) is 10.1. The van der Waals surface area contributed by atoms with Crippen LogP contribution in [-0.4, -0.2) is 15.1 Å². The maximum absolute atomic E-state index is 8.85. The Labute approximate surface area is 92.0 Å². The van der Waals surface area contributed by atoms with Gasteiger partial charge in [0.1, 0.15) is 23.7 Å². The van der Waals surface area contributed by atoms with Crippen LogP contribution in [0.2, 0.25) is 0 Å². The van der Waals surface area contributed by atoms with Crippen molar-refractivity contribution in [3.05, 3.63) is 35.3 Å². The number of pyridine rings is 1. The summed E-state index contributed by atoms with van der Waals surface area (Å²) in [5.41, 5.74) is 2.35. The van der Waals surface area contributed by atoms with E-state index in [4.69, 9.17) is 14.8 Å². The molecule has 1 N–H and O–H groups in total. The number of aliphatic hydroxyl groups excluding tert-OH is 1. The van der Waals surface area contributed by atoms with Gasteiger partial charge in [-0.05, 0) is 18.6 Å². The average Bonchev–Trinajstić information content (AvgIpc) is 2.77. The fraction of sp³-hybridized carbons (Fsp3) is 0.182. The number of hydrogen-bond acceptors (Lipinski definition) is 5.